The van der Waals surface area contributed by atoms with Gasteiger partial charge < -0.3 is 10.5 Å². The fourth-order valence-corrected chi connectivity index (χ4v) is 1.65. The van der Waals surface area contributed by atoms with Crippen molar-refractivity contribution in [2.75, 3.05) is 6.61 Å². The van der Waals surface area contributed by atoms with Crippen LogP contribution in [-0.4, -0.2) is 18.5 Å². The zero-order valence-electron chi connectivity index (χ0n) is 9.89. The van der Waals surface area contributed by atoms with Gasteiger partial charge in [-0.15, -0.1) is 0 Å². The Morgan fingerprint density at radius 3 is 2.47 bits per heavy atom. The Morgan fingerprint density at radius 1 is 1.29 bits per heavy atom. The van der Waals surface area contributed by atoms with Crippen molar-refractivity contribution in [1.29, 1.82) is 0 Å². The number of rotatable bonds is 6. The zero-order chi connectivity index (χ0) is 12.7. The van der Waals surface area contributed by atoms with Crippen LogP contribution in [0, 0.1) is 0 Å². The molecule has 1 aromatic carbocycles. The highest BCUT2D eigenvalue weighted by Gasteiger charge is 2.19. The quantitative estimate of drug-likeness (QED) is 0.761. The van der Waals surface area contributed by atoms with E-state index in [0.717, 1.165) is 5.56 Å². The van der Waals surface area contributed by atoms with Gasteiger partial charge in [0.1, 0.15) is 0 Å². The maximum Gasteiger partial charge on any atom is 0.305 e. The van der Waals surface area contributed by atoms with Crippen LogP contribution in [0.1, 0.15) is 31.2 Å². The highest BCUT2D eigenvalue weighted by molar-refractivity contribution is 5.82. The molecule has 0 aliphatic rings. The number of benzene rings is 1. The van der Waals surface area contributed by atoms with E-state index in [1.807, 2.05) is 30.3 Å². The summed E-state index contributed by atoms with van der Waals surface area (Å²) in [5.41, 5.74) is 6.18. The van der Waals surface area contributed by atoms with Gasteiger partial charge in [-0.05, 0) is 18.9 Å². The largest absolute Gasteiger partial charge is 0.466 e. The number of carbonyl (C=O) groups is 2. The summed E-state index contributed by atoms with van der Waals surface area (Å²) in [7, 11) is 0. The van der Waals surface area contributed by atoms with Crippen LogP contribution in [-0.2, 0) is 14.3 Å². The van der Waals surface area contributed by atoms with E-state index in [-0.39, 0.29) is 12.4 Å². The van der Waals surface area contributed by atoms with Crippen molar-refractivity contribution in [2.45, 2.75) is 25.7 Å². The lowest BCUT2D eigenvalue weighted by Gasteiger charge is -2.12. The Balaban J connectivity index is 2.62. The molecule has 1 unspecified atom stereocenters. The van der Waals surface area contributed by atoms with Crippen molar-refractivity contribution in [3.63, 3.8) is 0 Å². The maximum absolute atomic E-state index is 11.3. The highest BCUT2D eigenvalue weighted by Crippen LogP contribution is 2.20. The van der Waals surface area contributed by atoms with E-state index in [4.69, 9.17) is 10.5 Å². The molecular formula is C13H17NO3. The summed E-state index contributed by atoms with van der Waals surface area (Å²) in [6.07, 6.45) is 0.592. The number of hydrogen-bond donors (Lipinski definition) is 1. The lowest BCUT2D eigenvalue weighted by Crippen LogP contribution is -2.22. The monoisotopic (exact) mass is 235 g/mol. The van der Waals surface area contributed by atoms with Gasteiger partial charge in [-0.2, -0.15) is 0 Å². The number of ether oxygens (including phenoxy) is 1. The second kappa shape index (κ2) is 6.68. The Kier molecular flexibility index (Phi) is 5.20. The van der Waals surface area contributed by atoms with E-state index >= 15 is 0 Å². The molecular weight excluding hydrogens is 218 g/mol. The molecule has 1 aromatic rings. The Labute approximate surface area is 101 Å². The summed E-state index contributed by atoms with van der Waals surface area (Å²) in [6, 6.07) is 9.22. The maximum atomic E-state index is 11.3. The Morgan fingerprint density at radius 2 is 1.94 bits per heavy atom. The van der Waals surface area contributed by atoms with Crippen LogP contribution in [0.5, 0.6) is 0 Å². The first-order chi connectivity index (χ1) is 8.15. The first-order valence-electron chi connectivity index (χ1n) is 5.65. The van der Waals surface area contributed by atoms with Gasteiger partial charge in [-0.3, -0.25) is 9.59 Å². The lowest BCUT2D eigenvalue weighted by atomic mass is 9.94. The summed E-state index contributed by atoms with van der Waals surface area (Å²) in [4.78, 5) is 22.6. The molecule has 4 nitrogen and oxygen atoms in total. The molecule has 0 aromatic heterocycles. The average Bonchev–Trinajstić information content (AvgIpc) is 2.30. The van der Waals surface area contributed by atoms with Crippen LogP contribution in [0.4, 0.5) is 0 Å². The highest BCUT2D eigenvalue weighted by atomic mass is 16.5. The smallest absolute Gasteiger partial charge is 0.305 e. The fraction of sp³-hybridized carbons (Fsp3) is 0.385. The van der Waals surface area contributed by atoms with Crippen LogP contribution in [0.3, 0.4) is 0 Å². The lowest BCUT2D eigenvalue weighted by molar-refractivity contribution is -0.143. The number of primary amides is 1. The molecule has 0 saturated carbocycles. The van der Waals surface area contributed by atoms with Crippen molar-refractivity contribution in [3.8, 4) is 0 Å². The minimum Gasteiger partial charge on any atom is -0.466 e. The molecule has 0 radical (unpaired) electrons. The van der Waals surface area contributed by atoms with Gasteiger partial charge in [0.25, 0.3) is 0 Å². The molecule has 0 heterocycles. The third-order valence-corrected chi connectivity index (χ3v) is 2.49. The van der Waals surface area contributed by atoms with E-state index in [1.54, 1.807) is 6.92 Å². The zero-order valence-corrected chi connectivity index (χ0v) is 9.89. The van der Waals surface area contributed by atoms with Gasteiger partial charge in [-0.1, -0.05) is 30.3 Å². The second-order valence-corrected chi connectivity index (χ2v) is 3.71. The van der Waals surface area contributed by atoms with Crippen molar-refractivity contribution in [2.24, 2.45) is 5.73 Å². The molecule has 1 rings (SSSR count). The topological polar surface area (TPSA) is 69.4 Å². The summed E-state index contributed by atoms with van der Waals surface area (Å²) in [6.45, 7) is 2.10. The fourth-order valence-electron chi connectivity index (χ4n) is 1.65. The molecule has 17 heavy (non-hydrogen) atoms. The van der Waals surface area contributed by atoms with E-state index < -0.39 is 11.8 Å². The average molecular weight is 235 g/mol. The molecule has 0 saturated heterocycles. The van der Waals surface area contributed by atoms with Crippen LogP contribution < -0.4 is 5.73 Å². The van der Waals surface area contributed by atoms with Gasteiger partial charge in [0.2, 0.25) is 5.91 Å². The van der Waals surface area contributed by atoms with Gasteiger partial charge in [0.05, 0.1) is 12.5 Å². The Hall–Kier alpha value is -1.84. The minimum atomic E-state index is -0.430. The molecule has 0 aliphatic carbocycles. The third-order valence-electron chi connectivity index (χ3n) is 2.49. The Bertz CT molecular complexity index is 376. The van der Waals surface area contributed by atoms with E-state index in [1.165, 1.54) is 0 Å². The van der Waals surface area contributed by atoms with E-state index in [2.05, 4.69) is 0 Å². The normalized spacial score (nSPS) is 11.8. The molecule has 92 valence electrons. The molecule has 1 atom stereocenters. The predicted octanol–water partition coefficient (Wildman–Crippen LogP) is 1.60. The van der Waals surface area contributed by atoms with Crippen LogP contribution in [0.25, 0.3) is 0 Å². The predicted molar refractivity (Wildman–Crippen MR) is 64.2 cm³/mol. The van der Waals surface area contributed by atoms with Gasteiger partial charge >= 0.3 is 5.97 Å². The van der Waals surface area contributed by atoms with Crippen molar-refractivity contribution >= 4 is 11.9 Å². The third kappa shape index (κ3) is 4.26. The molecule has 2 N–H and O–H groups in total. The van der Waals surface area contributed by atoms with Gasteiger partial charge in [-0.25, -0.2) is 0 Å². The van der Waals surface area contributed by atoms with E-state index in [0.29, 0.717) is 13.0 Å². The van der Waals surface area contributed by atoms with Crippen molar-refractivity contribution in [3.05, 3.63) is 35.9 Å². The first kappa shape index (κ1) is 13.2. The number of nitrogens with two attached hydrogens (primary N) is 1. The summed E-state index contributed by atoms with van der Waals surface area (Å²) in [5, 5.41) is 0. The molecule has 4 heteroatoms. The minimum absolute atomic E-state index is 0.205. The molecule has 0 fully saturated rings. The van der Waals surface area contributed by atoms with Gasteiger partial charge in [0.15, 0.2) is 0 Å². The second-order valence-electron chi connectivity index (χ2n) is 3.71. The molecule has 0 spiro atoms. The number of hydrogen-bond acceptors (Lipinski definition) is 3. The van der Waals surface area contributed by atoms with Gasteiger partial charge in [0, 0.05) is 6.42 Å². The number of amides is 1. The van der Waals surface area contributed by atoms with Crippen LogP contribution in [0.2, 0.25) is 0 Å². The molecule has 0 aliphatic heterocycles. The first-order valence-corrected chi connectivity index (χ1v) is 5.65. The summed E-state index contributed by atoms with van der Waals surface area (Å²) >= 11 is 0. The standard InChI is InChI=1S/C13H17NO3/c1-2-17-12(15)9-8-11(13(14)16)10-6-4-3-5-7-10/h3-7,11H,2,8-9H2,1H3,(H2,14,16). The molecule has 1 amide bonds. The van der Waals surface area contributed by atoms with Crippen molar-refractivity contribution < 1.29 is 14.3 Å². The summed E-state index contributed by atoms with van der Waals surface area (Å²) < 4.78 is 4.82. The number of esters is 1. The van der Waals surface area contributed by atoms with Crippen LogP contribution >= 0.6 is 0 Å². The molecule has 0 bridgehead atoms. The summed E-state index contributed by atoms with van der Waals surface area (Å²) in [5.74, 6) is -1.14. The van der Waals surface area contributed by atoms with Crippen molar-refractivity contribution in [1.82, 2.24) is 0 Å². The van der Waals surface area contributed by atoms with E-state index in [9.17, 15) is 9.59 Å². The van der Waals surface area contributed by atoms with Crippen LogP contribution in [0.15, 0.2) is 30.3 Å². The number of carbonyl (C=O) groups excluding carboxylic acids is 2. The SMILES string of the molecule is CCOC(=O)CCC(C(N)=O)c1ccccc1.